The van der Waals surface area contributed by atoms with Gasteiger partial charge in [0.1, 0.15) is 6.07 Å². The van der Waals surface area contributed by atoms with E-state index in [-0.39, 0.29) is 0 Å². The molecule has 0 amide bonds. The highest BCUT2D eigenvalue weighted by atomic mass is 15.1. The Kier molecular flexibility index (Phi) is 18.4. The minimum absolute atomic E-state index is 0.412. The number of rotatable bonds is 15. The molecule has 0 saturated heterocycles. The zero-order chi connectivity index (χ0) is 90.0. The SMILES string of the molecule is N#Cc1ccc(-n2c3ccccc3c3ccc4c(c5ccccc5n4-c4cccc5ccccc45)c32)c(-c2nc(-c3ccc(-c4ccccc4)cc3)nc(-c3ccc(-c4cccc(-c5ccc(-c6nc(-c7ccc(-c8ccccc8)cc7)nc(-c7ccc(-n8c9ccccc9c9ccc%10c(c%11ccccc%11n%10-c%10cccc%11ccccc%10%11)c98)c(C#N)c7)n6)c(-c6ccccc6)c5)c4)cc3)n2)c1. The van der Waals surface area contributed by atoms with E-state index in [1.54, 1.807) is 0 Å². The van der Waals surface area contributed by atoms with Crippen LogP contribution in [-0.2, 0) is 0 Å². The maximum Gasteiger partial charge on any atom is 0.166 e. The average Bonchev–Trinajstić information content (AvgIpc) is 1.54. The van der Waals surface area contributed by atoms with E-state index in [9.17, 15) is 10.5 Å². The number of benzene rings is 20. The smallest absolute Gasteiger partial charge is 0.166 e. The van der Waals surface area contributed by atoms with Crippen LogP contribution in [0.1, 0.15) is 11.1 Å². The molecule has 136 heavy (non-hydrogen) atoms. The van der Waals surface area contributed by atoms with Gasteiger partial charge in [-0.15, -0.1) is 0 Å². The first kappa shape index (κ1) is 78.2. The topological polar surface area (TPSA) is 145 Å². The summed E-state index contributed by atoms with van der Waals surface area (Å²) in [6.45, 7) is 0. The molecule has 12 heteroatoms. The van der Waals surface area contributed by atoms with Gasteiger partial charge < -0.3 is 18.3 Å². The van der Waals surface area contributed by atoms with Crippen molar-refractivity contribution in [1.82, 2.24) is 48.2 Å². The van der Waals surface area contributed by atoms with Gasteiger partial charge in [0, 0.05) is 87.2 Å². The highest BCUT2D eigenvalue weighted by Gasteiger charge is 2.29. The Hall–Kier alpha value is -18.9. The molecule has 0 saturated carbocycles. The summed E-state index contributed by atoms with van der Waals surface area (Å²) in [5.74, 6) is 2.73. The van der Waals surface area contributed by atoms with Gasteiger partial charge >= 0.3 is 0 Å². The Morgan fingerprint density at radius 3 is 1.01 bits per heavy atom. The number of aromatic nitrogens is 10. The van der Waals surface area contributed by atoms with E-state index in [1.807, 2.05) is 36.4 Å². The molecule has 0 aliphatic rings. The molecular weight excluding hydrogens is 1660 g/mol. The summed E-state index contributed by atoms with van der Waals surface area (Å²) in [6, 6.07) is 162. The molecule has 0 unspecified atom stereocenters. The summed E-state index contributed by atoms with van der Waals surface area (Å²) in [7, 11) is 0. The van der Waals surface area contributed by atoms with Gasteiger partial charge in [-0.05, 0) is 170 Å². The van der Waals surface area contributed by atoms with Gasteiger partial charge in [0.25, 0.3) is 0 Å². The lowest BCUT2D eigenvalue weighted by molar-refractivity contribution is 1.06. The van der Waals surface area contributed by atoms with Crippen LogP contribution in [0.4, 0.5) is 0 Å². The molecule has 20 aromatic carbocycles. The summed E-state index contributed by atoms with van der Waals surface area (Å²) in [4.78, 5) is 32.7. The first-order valence-electron chi connectivity index (χ1n) is 45.6. The van der Waals surface area contributed by atoms with Crippen LogP contribution in [0.3, 0.4) is 0 Å². The minimum Gasteiger partial charge on any atom is -0.309 e. The van der Waals surface area contributed by atoms with Crippen LogP contribution in [0.2, 0.25) is 0 Å². The molecule has 26 rings (SSSR count). The van der Waals surface area contributed by atoms with Crippen LogP contribution >= 0.6 is 0 Å². The summed E-state index contributed by atoms with van der Waals surface area (Å²) in [5.41, 5.74) is 27.7. The lowest BCUT2D eigenvalue weighted by Crippen LogP contribution is -2.04. The molecule has 0 aliphatic carbocycles. The Labute approximate surface area is 781 Å². The average molecular weight is 1730 g/mol. The van der Waals surface area contributed by atoms with Crippen molar-refractivity contribution in [3.05, 3.63) is 460 Å². The molecule has 0 aliphatic heterocycles. The van der Waals surface area contributed by atoms with Crippen LogP contribution in [0.5, 0.6) is 0 Å². The third-order valence-electron chi connectivity index (χ3n) is 27.0. The standard InChI is InChI=1S/C124H74N12/c125-75-77-49-67-112(136-109-44-19-15-40-97(109)99-66-70-114-116(118(99)136)102-42-17-21-46-111(102)134(114)107-48-24-34-84-32-11-13-38-95(84)107)104(71-77)124-130-119(86-56-50-80(51-57-86)78-25-4-1-5-26-78)127-120(131-124)88-60-54-82(55-61-88)89-35-22-36-90(72-89)91-62-64-100(103(74-91)85-29-8-3-9-30-85)123-129-121(87-58-52-81(53-59-87)79-27-6-2-7-28-79)128-122(132-123)92-63-68-105(93(73-92)76-126)135-108-43-18-14-39-96(108)98-65-69-113-115(117(98)135)101-41-16-20-45-110(101)133(113)106-47-23-33-83-31-10-12-37-94(83)106/h1-74H. The van der Waals surface area contributed by atoms with E-state index in [1.165, 1.54) is 0 Å². The van der Waals surface area contributed by atoms with Gasteiger partial charge in [-0.2, -0.15) is 10.5 Å². The number of hydrogen-bond donors (Lipinski definition) is 0. The second-order valence-electron chi connectivity index (χ2n) is 34.6. The third-order valence-corrected chi connectivity index (χ3v) is 27.0. The molecule has 0 spiro atoms. The summed E-state index contributed by atoms with van der Waals surface area (Å²) in [5, 5.41) is 36.0. The molecule has 0 fully saturated rings. The molecule has 0 radical (unpaired) electrons. The predicted octanol–water partition coefficient (Wildman–Crippen LogP) is 30.8. The van der Waals surface area contributed by atoms with Crippen LogP contribution < -0.4 is 0 Å². The van der Waals surface area contributed by atoms with Gasteiger partial charge in [-0.1, -0.05) is 346 Å². The van der Waals surface area contributed by atoms with Crippen LogP contribution in [-0.4, -0.2) is 48.2 Å². The molecule has 0 N–H and O–H groups in total. The molecule has 6 heterocycles. The van der Waals surface area contributed by atoms with Crippen molar-refractivity contribution in [3.8, 4) is 159 Å². The maximum absolute atomic E-state index is 11.7. The summed E-state index contributed by atoms with van der Waals surface area (Å²) >= 11 is 0. The first-order valence-corrected chi connectivity index (χ1v) is 45.6. The fraction of sp³-hybridized carbons (Fsp3) is 0. The Morgan fingerprint density at radius 2 is 0.522 bits per heavy atom. The number of hydrogen-bond acceptors (Lipinski definition) is 8. The zero-order valence-electron chi connectivity index (χ0n) is 73.1. The number of nitriles is 2. The molecule has 630 valence electrons. The molecule has 26 aromatic rings. The van der Waals surface area contributed by atoms with E-state index in [0.29, 0.717) is 57.2 Å². The van der Waals surface area contributed by atoms with E-state index in [2.05, 4.69) is 443 Å². The second-order valence-corrected chi connectivity index (χ2v) is 34.6. The van der Waals surface area contributed by atoms with Gasteiger partial charge in [-0.25, -0.2) is 29.9 Å². The van der Waals surface area contributed by atoms with E-state index in [4.69, 9.17) is 29.9 Å². The predicted molar refractivity (Wildman–Crippen MR) is 555 cm³/mol. The summed E-state index contributed by atoms with van der Waals surface area (Å²) < 4.78 is 9.45. The van der Waals surface area contributed by atoms with Crippen molar-refractivity contribution in [2.75, 3.05) is 0 Å². The van der Waals surface area contributed by atoms with Gasteiger partial charge in [0.15, 0.2) is 34.9 Å². The number of para-hydroxylation sites is 4. The first-order chi connectivity index (χ1) is 67.3. The van der Waals surface area contributed by atoms with Gasteiger partial charge in [-0.3, -0.25) is 0 Å². The monoisotopic (exact) mass is 1730 g/mol. The van der Waals surface area contributed by atoms with Crippen molar-refractivity contribution >= 4 is 109 Å². The lowest BCUT2D eigenvalue weighted by atomic mass is 9.92. The van der Waals surface area contributed by atoms with Crippen LogP contribution in [0.25, 0.3) is 255 Å². The highest BCUT2D eigenvalue weighted by Crippen LogP contribution is 2.49. The summed E-state index contributed by atoms with van der Waals surface area (Å²) in [6.07, 6.45) is 0. The van der Waals surface area contributed by atoms with Gasteiger partial charge in [0.05, 0.1) is 84.1 Å². The van der Waals surface area contributed by atoms with Crippen molar-refractivity contribution in [2.45, 2.75) is 0 Å². The minimum atomic E-state index is 0.412. The zero-order valence-corrected chi connectivity index (χ0v) is 73.1. The van der Waals surface area contributed by atoms with Crippen molar-refractivity contribution in [3.63, 3.8) is 0 Å². The third kappa shape index (κ3) is 13.0. The Morgan fingerprint density at radius 1 is 0.176 bits per heavy atom. The normalized spacial score (nSPS) is 11.7. The van der Waals surface area contributed by atoms with E-state index in [0.717, 1.165) is 209 Å². The lowest BCUT2D eigenvalue weighted by Gasteiger charge is -2.16. The maximum atomic E-state index is 11.7. The van der Waals surface area contributed by atoms with Crippen molar-refractivity contribution in [2.24, 2.45) is 0 Å². The van der Waals surface area contributed by atoms with Crippen molar-refractivity contribution in [1.29, 1.82) is 10.5 Å². The Balaban J connectivity index is 0.587. The molecular formula is C124H74N12. The quantitative estimate of drug-likeness (QED) is 0.0986. The molecule has 0 atom stereocenters. The van der Waals surface area contributed by atoms with E-state index < -0.39 is 0 Å². The molecule has 6 aromatic heterocycles. The molecule has 12 nitrogen and oxygen atoms in total. The number of fused-ring (bicyclic) bond motifs is 16. The largest absolute Gasteiger partial charge is 0.309 e. The second kappa shape index (κ2) is 32.1. The molecule has 0 bridgehead atoms. The fourth-order valence-corrected chi connectivity index (χ4v) is 20.6. The van der Waals surface area contributed by atoms with Crippen LogP contribution in [0, 0.1) is 22.7 Å². The number of nitrogens with zero attached hydrogens (tertiary/aromatic N) is 12. The van der Waals surface area contributed by atoms with Crippen molar-refractivity contribution < 1.29 is 0 Å². The van der Waals surface area contributed by atoms with E-state index >= 15 is 0 Å². The Bertz CT molecular complexity index is 9480. The highest BCUT2D eigenvalue weighted by molar-refractivity contribution is 6.28. The van der Waals surface area contributed by atoms with Gasteiger partial charge in [0.2, 0.25) is 0 Å². The van der Waals surface area contributed by atoms with Crippen LogP contribution in [0.15, 0.2) is 449 Å². The fourth-order valence-electron chi connectivity index (χ4n) is 20.6.